The molecule has 0 unspecified atom stereocenters. The Morgan fingerprint density at radius 3 is 2.73 bits per heavy atom. The summed E-state index contributed by atoms with van der Waals surface area (Å²) < 4.78 is 1.11. The van der Waals surface area contributed by atoms with Crippen LogP contribution in [0.3, 0.4) is 0 Å². The Labute approximate surface area is 141 Å². The lowest BCUT2D eigenvalue weighted by Crippen LogP contribution is -2.07. The summed E-state index contributed by atoms with van der Waals surface area (Å²) in [6.07, 6.45) is 3.23. The highest BCUT2D eigenvalue weighted by atomic mass is 35.5. The number of hydrogen-bond donors (Lipinski definition) is 1. The van der Waals surface area contributed by atoms with Gasteiger partial charge in [-0.05, 0) is 26.0 Å². The second-order valence-electron chi connectivity index (χ2n) is 4.76. The molecule has 22 heavy (non-hydrogen) atoms. The maximum absolute atomic E-state index is 12.0. The smallest absolute Gasteiger partial charge is 0.250 e. The molecular weight excluding hydrogens is 336 g/mol. The van der Waals surface area contributed by atoms with Crippen LogP contribution in [0.4, 0.5) is 5.13 Å². The van der Waals surface area contributed by atoms with Gasteiger partial charge in [-0.15, -0.1) is 22.7 Å². The van der Waals surface area contributed by atoms with Crippen LogP contribution < -0.4 is 5.32 Å². The number of anilines is 1. The molecule has 1 N–H and O–H groups in total. The molecule has 1 amide bonds. The van der Waals surface area contributed by atoms with E-state index in [1.54, 1.807) is 17.4 Å². The zero-order valence-corrected chi connectivity index (χ0v) is 14.4. The normalized spacial score (nSPS) is 11.4. The number of hydrogen-bond acceptors (Lipinski definition) is 4. The van der Waals surface area contributed by atoms with Gasteiger partial charge in [-0.2, -0.15) is 0 Å². The van der Waals surface area contributed by atoms with Gasteiger partial charge in [0.2, 0.25) is 5.91 Å². The second kappa shape index (κ2) is 6.20. The van der Waals surface area contributed by atoms with Crippen molar-refractivity contribution in [1.29, 1.82) is 0 Å². The summed E-state index contributed by atoms with van der Waals surface area (Å²) in [6.45, 7) is 3.91. The molecule has 0 radical (unpaired) electrons. The van der Waals surface area contributed by atoms with E-state index in [2.05, 4.69) is 10.3 Å². The van der Waals surface area contributed by atoms with Gasteiger partial charge in [0, 0.05) is 25.9 Å². The van der Waals surface area contributed by atoms with E-state index in [1.165, 1.54) is 17.4 Å². The van der Waals surface area contributed by atoms with E-state index in [0.29, 0.717) is 10.2 Å². The van der Waals surface area contributed by atoms with Gasteiger partial charge in [0.25, 0.3) is 0 Å². The number of halogens is 1. The van der Waals surface area contributed by atoms with E-state index in [1.807, 2.05) is 38.1 Å². The predicted molar refractivity (Wildman–Crippen MR) is 96.1 cm³/mol. The molecule has 0 fully saturated rings. The number of amides is 1. The minimum atomic E-state index is -0.206. The highest BCUT2D eigenvalue weighted by Crippen LogP contribution is 2.35. The highest BCUT2D eigenvalue weighted by Gasteiger charge is 2.09. The average molecular weight is 349 g/mol. The van der Waals surface area contributed by atoms with Gasteiger partial charge < -0.3 is 0 Å². The van der Waals surface area contributed by atoms with Crippen molar-refractivity contribution in [3.05, 3.63) is 50.8 Å². The third-order valence-electron chi connectivity index (χ3n) is 3.20. The van der Waals surface area contributed by atoms with Gasteiger partial charge in [0.1, 0.15) is 0 Å². The van der Waals surface area contributed by atoms with E-state index in [-0.39, 0.29) is 5.91 Å². The van der Waals surface area contributed by atoms with Crippen LogP contribution in [-0.4, -0.2) is 10.9 Å². The summed E-state index contributed by atoms with van der Waals surface area (Å²) in [4.78, 5) is 18.2. The van der Waals surface area contributed by atoms with E-state index < -0.39 is 0 Å². The Balaban J connectivity index is 1.77. The van der Waals surface area contributed by atoms with Crippen LogP contribution in [0.2, 0.25) is 5.02 Å². The van der Waals surface area contributed by atoms with E-state index in [4.69, 9.17) is 11.6 Å². The minimum Gasteiger partial charge on any atom is -0.298 e. The molecule has 0 saturated heterocycles. The van der Waals surface area contributed by atoms with Gasteiger partial charge >= 0.3 is 0 Å². The van der Waals surface area contributed by atoms with Crippen molar-refractivity contribution in [3.63, 3.8) is 0 Å². The van der Waals surface area contributed by atoms with Gasteiger partial charge in [-0.3, -0.25) is 10.1 Å². The number of thiophene rings is 1. The monoisotopic (exact) mass is 348 g/mol. The Hall–Kier alpha value is -1.69. The first-order valence-corrected chi connectivity index (χ1v) is 8.66. The molecule has 0 saturated carbocycles. The van der Waals surface area contributed by atoms with Gasteiger partial charge in [-0.25, -0.2) is 4.98 Å². The molecule has 2 aromatic heterocycles. The average Bonchev–Trinajstić information content (AvgIpc) is 2.98. The van der Waals surface area contributed by atoms with Crippen LogP contribution in [0.5, 0.6) is 0 Å². The Morgan fingerprint density at radius 2 is 2.05 bits per heavy atom. The van der Waals surface area contributed by atoms with Gasteiger partial charge in [0.05, 0.1) is 10.7 Å². The Kier molecular flexibility index (Phi) is 4.29. The summed E-state index contributed by atoms with van der Waals surface area (Å²) in [5.74, 6) is -0.206. The molecule has 6 heteroatoms. The van der Waals surface area contributed by atoms with Crippen LogP contribution in [0.25, 0.3) is 16.2 Å². The van der Waals surface area contributed by atoms with Crippen molar-refractivity contribution >= 4 is 61.5 Å². The van der Waals surface area contributed by atoms with Crippen molar-refractivity contribution in [1.82, 2.24) is 4.98 Å². The second-order valence-corrected chi connectivity index (χ2v) is 7.42. The number of benzene rings is 1. The number of nitrogens with zero attached hydrogens (tertiary/aromatic N) is 1. The lowest BCUT2D eigenvalue weighted by atomic mass is 10.2. The molecular formula is C16H13ClN2OS2. The fourth-order valence-corrected chi connectivity index (χ4v) is 4.18. The largest absolute Gasteiger partial charge is 0.298 e. The number of rotatable bonds is 3. The fourth-order valence-electron chi connectivity index (χ4n) is 1.96. The molecule has 0 aliphatic rings. The maximum Gasteiger partial charge on any atom is 0.250 e. The topological polar surface area (TPSA) is 42.0 Å². The van der Waals surface area contributed by atoms with E-state index in [0.717, 1.165) is 25.5 Å². The Morgan fingerprint density at radius 1 is 1.27 bits per heavy atom. The lowest BCUT2D eigenvalue weighted by molar-refractivity contribution is -0.111. The Bertz CT molecular complexity index is 860. The zero-order valence-electron chi connectivity index (χ0n) is 12.0. The summed E-state index contributed by atoms with van der Waals surface area (Å²) in [5, 5.41) is 5.09. The molecule has 0 aliphatic carbocycles. The number of carbonyl (C=O) groups is 1. The van der Waals surface area contributed by atoms with Crippen molar-refractivity contribution in [3.8, 4) is 0 Å². The first-order valence-electron chi connectivity index (χ1n) is 6.64. The van der Waals surface area contributed by atoms with Crippen LogP contribution in [-0.2, 0) is 4.79 Å². The van der Waals surface area contributed by atoms with Crippen molar-refractivity contribution < 1.29 is 4.79 Å². The standard InChI is InChI=1S/C16H13ClN2OS2/c1-9-10(2)21-16(18-9)19-14(20)8-7-13-15(17)11-5-3-4-6-12(11)22-13/h3-8H,1-2H3,(H,18,19,20)/b8-7+. The summed E-state index contributed by atoms with van der Waals surface area (Å²) >= 11 is 9.38. The van der Waals surface area contributed by atoms with E-state index >= 15 is 0 Å². The first-order chi connectivity index (χ1) is 10.5. The highest BCUT2D eigenvalue weighted by molar-refractivity contribution is 7.20. The molecule has 1 aromatic carbocycles. The summed E-state index contributed by atoms with van der Waals surface area (Å²) in [5.41, 5.74) is 0.942. The van der Waals surface area contributed by atoms with Crippen molar-refractivity contribution in [2.45, 2.75) is 13.8 Å². The van der Waals surface area contributed by atoms with Crippen molar-refractivity contribution in [2.24, 2.45) is 0 Å². The molecule has 2 heterocycles. The van der Waals surface area contributed by atoms with Crippen LogP contribution >= 0.6 is 34.3 Å². The quantitative estimate of drug-likeness (QED) is 0.654. The number of carbonyl (C=O) groups excluding carboxylic acids is 1. The number of aromatic nitrogens is 1. The molecule has 0 aliphatic heterocycles. The molecule has 3 rings (SSSR count). The van der Waals surface area contributed by atoms with Gasteiger partial charge in [0.15, 0.2) is 5.13 Å². The third kappa shape index (κ3) is 3.06. The number of fused-ring (bicyclic) bond motifs is 1. The van der Waals surface area contributed by atoms with Crippen LogP contribution in [0, 0.1) is 13.8 Å². The number of nitrogens with one attached hydrogen (secondary N) is 1. The van der Waals surface area contributed by atoms with E-state index in [9.17, 15) is 4.79 Å². The maximum atomic E-state index is 12.0. The fraction of sp³-hybridized carbons (Fsp3) is 0.125. The first kappa shape index (κ1) is 15.2. The zero-order chi connectivity index (χ0) is 15.7. The summed E-state index contributed by atoms with van der Waals surface area (Å²) in [7, 11) is 0. The molecule has 0 atom stereocenters. The molecule has 0 spiro atoms. The van der Waals surface area contributed by atoms with Crippen molar-refractivity contribution in [2.75, 3.05) is 5.32 Å². The summed E-state index contributed by atoms with van der Waals surface area (Å²) in [6, 6.07) is 7.92. The SMILES string of the molecule is Cc1nc(NC(=O)/C=C/c2sc3ccccc3c2Cl)sc1C. The van der Waals surface area contributed by atoms with Crippen LogP contribution in [0.1, 0.15) is 15.4 Å². The molecule has 0 bridgehead atoms. The minimum absolute atomic E-state index is 0.206. The predicted octanol–water partition coefficient (Wildman–Crippen LogP) is 5.28. The molecule has 3 aromatic rings. The van der Waals surface area contributed by atoms with Gasteiger partial charge in [-0.1, -0.05) is 29.8 Å². The number of thiazole rings is 1. The van der Waals surface area contributed by atoms with Crippen LogP contribution in [0.15, 0.2) is 30.3 Å². The lowest BCUT2D eigenvalue weighted by Gasteiger charge is -1.95. The number of aryl methyl sites for hydroxylation is 2. The third-order valence-corrected chi connectivity index (χ3v) is 5.85. The molecule has 112 valence electrons. The molecule has 3 nitrogen and oxygen atoms in total.